The molecule has 21 heavy (non-hydrogen) atoms. The number of rotatable bonds is 9. The van der Waals surface area contributed by atoms with Gasteiger partial charge in [0.05, 0.1) is 0 Å². The third-order valence-electron chi connectivity index (χ3n) is 3.62. The molecule has 0 spiro atoms. The number of hydrogen-bond acceptors (Lipinski definition) is 4. The van der Waals surface area contributed by atoms with Crippen molar-refractivity contribution in [2.45, 2.75) is 40.7 Å². The zero-order valence-electron chi connectivity index (χ0n) is 14.7. The first-order chi connectivity index (χ1) is 9.99. The Hall–Kier alpha value is -1.13. The number of aryl methyl sites for hydroxylation is 2. The number of likely N-dealkylation sites (N-methyl/N-ethyl adjacent to an activating group) is 1. The van der Waals surface area contributed by atoms with Crippen molar-refractivity contribution < 1.29 is 0 Å². The van der Waals surface area contributed by atoms with E-state index in [0.717, 1.165) is 50.7 Å². The maximum Gasteiger partial charge on any atom is 0.133 e. The molecule has 0 radical (unpaired) electrons. The van der Waals surface area contributed by atoms with Crippen LogP contribution in [0.15, 0.2) is 6.07 Å². The number of nitrogens with zero attached hydrogens (tertiary/aromatic N) is 3. The summed E-state index contributed by atoms with van der Waals surface area (Å²) in [5, 5.41) is 3.45. The highest BCUT2D eigenvalue weighted by molar-refractivity contribution is 5.51. The van der Waals surface area contributed by atoms with Crippen molar-refractivity contribution in [3.05, 3.63) is 22.9 Å². The Labute approximate surface area is 130 Å². The molecule has 0 unspecified atom stereocenters. The molecule has 0 aliphatic carbocycles. The van der Waals surface area contributed by atoms with Crippen LogP contribution >= 0.6 is 0 Å². The standard InChI is InChI=1S/C17H32N4/c1-7-9-21(11-10-20(5)6)17-16(13-18-8-2)14(3)12-15(4)19-17/h12,18H,7-11,13H2,1-6H3. The third-order valence-corrected chi connectivity index (χ3v) is 3.62. The van der Waals surface area contributed by atoms with Crippen LogP contribution in [0.3, 0.4) is 0 Å². The molecule has 0 saturated heterocycles. The summed E-state index contributed by atoms with van der Waals surface area (Å²) in [7, 11) is 4.25. The number of aromatic nitrogens is 1. The van der Waals surface area contributed by atoms with E-state index in [1.165, 1.54) is 11.1 Å². The van der Waals surface area contributed by atoms with Gasteiger partial charge in [-0.15, -0.1) is 0 Å². The minimum atomic E-state index is 0.896. The Morgan fingerprint density at radius 3 is 2.38 bits per heavy atom. The van der Waals surface area contributed by atoms with Gasteiger partial charge in [-0.2, -0.15) is 0 Å². The van der Waals surface area contributed by atoms with Gasteiger partial charge in [0.15, 0.2) is 0 Å². The second kappa shape index (κ2) is 9.00. The summed E-state index contributed by atoms with van der Waals surface area (Å²) in [6.45, 7) is 13.7. The normalized spacial score (nSPS) is 11.2. The van der Waals surface area contributed by atoms with E-state index in [2.05, 4.69) is 63.0 Å². The summed E-state index contributed by atoms with van der Waals surface area (Å²) in [6.07, 6.45) is 1.14. The Bertz CT molecular complexity index is 429. The van der Waals surface area contributed by atoms with Crippen LogP contribution in [-0.4, -0.2) is 50.2 Å². The zero-order chi connectivity index (χ0) is 15.8. The average molecular weight is 292 g/mol. The fourth-order valence-electron chi connectivity index (χ4n) is 2.49. The van der Waals surface area contributed by atoms with E-state index in [9.17, 15) is 0 Å². The first-order valence-electron chi connectivity index (χ1n) is 8.07. The monoisotopic (exact) mass is 292 g/mol. The molecule has 0 amide bonds. The van der Waals surface area contributed by atoms with Crippen LogP contribution in [0.25, 0.3) is 0 Å². The van der Waals surface area contributed by atoms with E-state index < -0.39 is 0 Å². The van der Waals surface area contributed by atoms with Crippen molar-refractivity contribution in [3.63, 3.8) is 0 Å². The summed E-state index contributed by atoms with van der Waals surface area (Å²) in [6, 6.07) is 2.19. The van der Waals surface area contributed by atoms with Crippen LogP contribution in [0.4, 0.5) is 5.82 Å². The molecule has 0 atom stereocenters. The fourth-order valence-corrected chi connectivity index (χ4v) is 2.49. The van der Waals surface area contributed by atoms with Gasteiger partial charge in [0, 0.05) is 37.4 Å². The van der Waals surface area contributed by atoms with E-state index in [0.29, 0.717) is 0 Å². The highest BCUT2D eigenvalue weighted by atomic mass is 15.2. The van der Waals surface area contributed by atoms with E-state index in [1.807, 2.05) is 0 Å². The average Bonchev–Trinajstić information content (AvgIpc) is 2.41. The molecule has 0 bridgehead atoms. The van der Waals surface area contributed by atoms with Crippen LogP contribution in [0.5, 0.6) is 0 Å². The topological polar surface area (TPSA) is 31.4 Å². The predicted molar refractivity (Wildman–Crippen MR) is 92.1 cm³/mol. The lowest BCUT2D eigenvalue weighted by molar-refractivity contribution is 0.412. The van der Waals surface area contributed by atoms with Gasteiger partial charge in [0.2, 0.25) is 0 Å². The van der Waals surface area contributed by atoms with Crippen LogP contribution in [0.1, 0.15) is 37.1 Å². The second-order valence-electron chi connectivity index (χ2n) is 5.95. The molecule has 0 aliphatic rings. The Balaban J connectivity index is 3.08. The highest BCUT2D eigenvalue weighted by Crippen LogP contribution is 2.23. The minimum Gasteiger partial charge on any atom is -0.355 e. The van der Waals surface area contributed by atoms with Crippen molar-refractivity contribution in [3.8, 4) is 0 Å². The Kier molecular flexibility index (Phi) is 7.68. The van der Waals surface area contributed by atoms with Gasteiger partial charge in [-0.05, 0) is 52.5 Å². The molecule has 4 nitrogen and oxygen atoms in total. The van der Waals surface area contributed by atoms with Crippen LogP contribution in [0, 0.1) is 13.8 Å². The van der Waals surface area contributed by atoms with Crippen molar-refractivity contribution in [2.24, 2.45) is 0 Å². The molecule has 1 heterocycles. The van der Waals surface area contributed by atoms with Gasteiger partial charge < -0.3 is 15.1 Å². The van der Waals surface area contributed by atoms with Crippen LogP contribution in [0.2, 0.25) is 0 Å². The molecular formula is C17H32N4. The summed E-state index contributed by atoms with van der Waals surface area (Å²) in [5.41, 5.74) is 3.78. The van der Waals surface area contributed by atoms with E-state index in [-0.39, 0.29) is 0 Å². The van der Waals surface area contributed by atoms with Gasteiger partial charge in [0.25, 0.3) is 0 Å². The molecule has 1 N–H and O–H groups in total. The quantitative estimate of drug-likeness (QED) is 0.758. The fraction of sp³-hybridized carbons (Fsp3) is 0.706. The summed E-state index contributed by atoms with van der Waals surface area (Å²) < 4.78 is 0. The first kappa shape index (κ1) is 17.9. The Morgan fingerprint density at radius 2 is 1.81 bits per heavy atom. The molecule has 1 aromatic heterocycles. The number of nitrogens with one attached hydrogen (secondary N) is 1. The highest BCUT2D eigenvalue weighted by Gasteiger charge is 2.15. The van der Waals surface area contributed by atoms with Crippen molar-refractivity contribution in [1.82, 2.24) is 15.2 Å². The van der Waals surface area contributed by atoms with Gasteiger partial charge >= 0.3 is 0 Å². The lowest BCUT2D eigenvalue weighted by atomic mass is 10.1. The van der Waals surface area contributed by atoms with E-state index in [1.54, 1.807) is 0 Å². The molecule has 0 aliphatic heterocycles. The van der Waals surface area contributed by atoms with Gasteiger partial charge in [0.1, 0.15) is 5.82 Å². The zero-order valence-corrected chi connectivity index (χ0v) is 14.7. The van der Waals surface area contributed by atoms with Crippen LogP contribution in [-0.2, 0) is 6.54 Å². The SMILES string of the molecule is CCCN(CCN(C)C)c1nc(C)cc(C)c1CNCC. The number of pyridine rings is 1. The summed E-state index contributed by atoms with van der Waals surface area (Å²) in [5.74, 6) is 1.16. The molecule has 4 heteroatoms. The largest absolute Gasteiger partial charge is 0.355 e. The molecule has 0 saturated carbocycles. The van der Waals surface area contributed by atoms with Crippen molar-refractivity contribution in [2.75, 3.05) is 45.2 Å². The molecular weight excluding hydrogens is 260 g/mol. The minimum absolute atomic E-state index is 0.896. The second-order valence-corrected chi connectivity index (χ2v) is 5.95. The molecule has 0 fully saturated rings. The van der Waals surface area contributed by atoms with Crippen molar-refractivity contribution >= 4 is 5.82 Å². The molecule has 1 aromatic rings. The maximum atomic E-state index is 4.85. The maximum absolute atomic E-state index is 4.85. The van der Waals surface area contributed by atoms with Crippen LogP contribution < -0.4 is 10.2 Å². The smallest absolute Gasteiger partial charge is 0.133 e. The Morgan fingerprint density at radius 1 is 1.10 bits per heavy atom. The van der Waals surface area contributed by atoms with E-state index in [4.69, 9.17) is 4.98 Å². The van der Waals surface area contributed by atoms with Gasteiger partial charge in [-0.25, -0.2) is 4.98 Å². The van der Waals surface area contributed by atoms with E-state index >= 15 is 0 Å². The molecule has 1 rings (SSSR count). The number of hydrogen-bond donors (Lipinski definition) is 1. The molecule has 120 valence electrons. The first-order valence-corrected chi connectivity index (χ1v) is 8.07. The van der Waals surface area contributed by atoms with Crippen molar-refractivity contribution in [1.29, 1.82) is 0 Å². The van der Waals surface area contributed by atoms with Gasteiger partial charge in [-0.3, -0.25) is 0 Å². The third kappa shape index (κ3) is 5.64. The lowest BCUT2D eigenvalue weighted by Crippen LogP contribution is -2.34. The van der Waals surface area contributed by atoms with Gasteiger partial charge in [-0.1, -0.05) is 13.8 Å². The number of anilines is 1. The lowest BCUT2D eigenvalue weighted by Gasteiger charge is -2.28. The summed E-state index contributed by atoms with van der Waals surface area (Å²) in [4.78, 5) is 9.52. The predicted octanol–water partition coefficient (Wildman–Crippen LogP) is 2.59. The summed E-state index contributed by atoms with van der Waals surface area (Å²) >= 11 is 0. The molecule has 0 aromatic carbocycles.